The lowest BCUT2D eigenvalue weighted by Gasteiger charge is -2.09. The van der Waals surface area contributed by atoms with Gasteiger partial charge in [0.2, 0.25) is 0 Å². The van der Waals surface area contributed by atoms with Gasteiger partial charge in [-0.25, -0.2) is 24.9 Å². The minimum atomic E-state index is 0.534. The fourth-order valence-electron chi connectivity index (χ4n) is 7.59. The highest BCUT2D eigenvalue weighted by molar-refractivity contribution is 7.26. The van der Waals surface area contributed by atoms with E-state index < -0.39 is 0 Å². The Morgan fingerprint density at radius 1 is 0.474 bits per heavy atom. The van der Waals surface area contributed by atoms with Crippen LogP contribution in [0.1, 0.15) is 5.69 Å². The molecule has 11 rings (SSSR count). The lowest BCUT2D eigenvalue weighted by atomic mass is 10.0. The summed E-state index contributed by atoms with van der Waals surface area (Å²) in [6.45, 7) is 3.79. The van der Waals surface area contributed by atoms with E-state index >= 15 is 0 Å². The Bertz CT molecular complexity index is 3450. The Balaban J connectivity index is 1.09. The van der Waals surface area contributed by atoms with Gasteiger partial charge >= 0.3 is 0 Å². The third-order valence-electron chi connectivity index (χ3n) is 10.2. The van der Waals surface area contributed by atoms with Gasteiger partial charge in [-0.1, -0.05) is 128 Å². The molecule has 0 amide bonds. The summed E-state index contributed by atoms with van der Waals surface area (Å²) in [5, 5.41) is 4.97. The van der Waals surface area contributed by atoms with Crippen LogP contribution >= 0.6 is 11.3 Å². The smallest absolute Gasteiger partial charge is 0.164 e. The van der Waals surface area contributed by atoms with E-state index in [4.69, 9.17) is 33.8 Å². The van der Waals surface area contributed by atoms with E-state index in [1.807, 2.05) is 115 Å². The number of aromatic nitrogens is 5. The molecule has 6 aromatic carbocycles. The van der Waals surface area contributed by atoms with Gasteiger partial charge < -0.3 is 8.83 Å². The summed E-state index contributed by atoms with van der Waals surface area (Å²) < 4.78 is 15.0. The molecule has 0 N–H and O–H groups in total. The molecule has 0 aliphatic rings. The number of benzene rings is 6. The van der Waals surface area contributed by atoms with Crippen molar-refractivity contribution in [1.82, 2.24) is 24.9 Å². The first-order valence-electron chi connectivity index (χ1n) is 18.5. The number of fused-ring (bicyclic) bond motifs is 9. The molecule has 268 valence electrons. The molecule has 0 saturated carbocycles. The summed E-state index contributed by atoms with van der Waals surface area (Å²) in [7, 11) is 0. The zero-order valence-corrected chi connectivity index (χ0v) is 31.1. The fourth-order valence-corrected chi connectivity index (χ4v) is 8.70. The van der Waals surface area contributed by atoms with Crippen molar-refractivity contribution in [3.63, 3.8) is 0 Å². The monoisotopic (exact) mass is 751 g/mol. The van der Waals surface area contributed by atoms with Crippen LogP contribution in [0.15, 0.2) is 173 Å². The number of hydrogen-bond acceptors (Lipinski definition) is 8. The molecule has 11 aromatic rings. The van der Waals surface area contributed by atoms with Crippen molar-refractivity contribution >= 4 is 81.6 Å². The molecule has 0 bridgehead atoms. The van der Waals surface area contributed by atoms with Gasteiger partial charge in [0.15, 0.2) is 23.3 Å². The largest absolute Gasteiger partial charge is 0.456 e. The van der Waals surface area contributed by atoms with E-state index in [2.05, 4.69) is 49.0 Å². The van der Waals surface area contributed by atoms with Crippen molar-refractivity contribution in [2.45, 2.75) is 0 Å². The molecule has 0 fully saturated rings. The van der Waals surface area contributed by atoms with Crippen molar-refractivity contribution in [2.24, 2.45) is 0 Å². The van der Waals surface area contributed by atoms with Crippen LogP contribution in [-0.4, -0.2) is 24.9 Å². The summed E-state index contributed by atoms with van der Waals surface area (Å²) in [5.41, 5.74) is 8.28. The lowest BCUT2D eigenvalue weighted by molar-refractivity contribution is 0.668. The van der Waals surface area contributed by atoms with E-state index in [0.29, 0.717) is 28.9 Å². The molecule has 8 heteroatoms. The number of para-hydroxylation sites is 1. The molecule has 0 spiro atoms. The second-order valence-corrected chi connectivity index (χ2v) is 14.7. The summed E-state index contributed by atoms with van der Waals surface area (Å²) in [4.78, 5) is 25.5. The first-order valence-corrected chi connectivity index (χ1v) is 19.3. The molecule has 0 saturated heterocycles. The van der Waals surface area contributed by atoms with Crippen LogP contribution in [0.4, 0.5) is 0 Å². The van der Waals surface area contributed by atoms with Gasteiger partial charge in [0.25, 0.3) is 0 Å². The van der Waals surface area contributed by atoms with Gasteiger partial charge in [-0.05, 0) is 42.5 Å². The summed E-state index contributed by atoms with van der Waals surface area (Å²) in [6.07, 6.45) is 9.63. The van der Waals surface area contributed by atoms with E-state index in [1.165, 1.54) is 4.70 Å². The van der Waals surface area contributed by atoms with Crippen molar-refractivity contribution in [3.8, 4) is 45.6 Å². The van der Waals surface area contributed by atoms with Crippen molar-refractivity contribution in [3.05, 3.63) is 170 Å². The Morgan fingerprint density at radius 3 is 1.89 bits per heavy atom. The summed E-state index contributed by atoms with van der Waals surface area (Å²) >= 11 is 1.70. The van der Waals surface area contributed by atoms with Crippen LogP contribution in [0, 0.1) is 0 Å². The second kappa shape index (κ2) is 13.3. The Kier molecular flexibility index (Phi) is 7.68. The van der Waals surface area contributed by atoms with Crippen LogP contribution in [0.3, 0.4) is 0 Å². The van der Waals surface area contributed by atoms with E-state index in [1.54, 1.807) is 17.4 Å². The highest BCUT2D eigenvalue weighted by Gasteiger charge is 2.21. The zero-order valence-electron chi connectivity index (χ0n) is 30.3. The van der Waals surface area contributed by atoms with E-state index in [9.17, 15) is 0 Å². The van der Waals surface area contributed by atoms with Gasteiger partial charge in [-0.2, -0.15) is 0 Å². The molecule has 5 aromatic heterocycles. The molecular weight excluding hydrogens is 723 g/mol. The standard InChI is InChI=1S/C49H29N5O2S/c1-2-3-4-8-21-36-45-44(33-18-10-12-25-41(33)57-45)51-48(50-36)34-19-13-24-39-43(34)32-27-26-30(28-40(32)56-39)47-52-46(29-15-6-5-7-16-29)53-49(54-47)35-20-14-23-38-42(35)31-17-9-11-22-37(31)55-38/h2-28H,1H2/b4-3-,21-8+. The maximum atomic E-state index is 6.60. The molecular formula is C49H29N5O2S. The second-order valence-electron chi connectivity index (χ2n) is 13.6. The normalized spacial score (nSPS) is 12.1. The maximum absolute atomic E-state index is 6.60. The zero-order chi connectivity index (χ0) is 37.9. The number of thiophene rings is 1. The lowest BCUT2D eigenvalue weighted by Crippen LogP contribution is -2.00. The molecule has 0 aliphatic carbocycles. The number of nitrogens with zero attached hydrogens (tertiary/aromatic N) is 5. The van der Waals surface area contributed by atoms with Gasteiger partial charge in [-0.15, -0.1) is 11.3 Å². The third kappa shape index (κ3) is 5.53. The maximum Gasteiger partial charge on any atom is 0.164 e. The van der Waals surface area contributed by atoms with E-state index in [0.717, 1.165) is 81.8 Å². The Labute approximate surface area is 329 Å². The van der Waals surface area contributed by atoms with Gasteiger partial charge in [0.1, 0.15) is 22.3 Å². The third-order valence-corrected chi connectivity index (χ3v) is 11.3. The fraction of sp³-hybridized carbons (Fsp3) is 0. The van der Waals surface area contributed by atoms with Gasteiger partial charge in [0, 0.05) is 53.9 Å². The number of hydrogen-bond donors (Lipinski definition) is 0. The van der Waals surface area contributed by atoms with Crippen molar-refractivity contribution in [1.29, 1.82) is 0 Å². The topological polar surface area (TPSA) is 90.7 Å². The quantitative estimate of drug-likeness (QED) is 0.150. The molecule has 0 atom stereocenters. The average molecular weight is 752 g/mol. The summed E-state index contributed by atoms with van der Waals surface area (Å²) in [6, 6.07) is 44.6. The SMILES string of the molecule is C=C/C=C\C=C\c1nc(-c2cccc3oc4cc(-c5nc(-c6ccccc6)nc(-c6cccc7oc8ccccc8c67)n5)ccc4c23)nc2c1sc1ccccc12. The minimum absolute atomic E-state index is 0.534. The summed E-state index contributed by atoms with van der Waals surface area (Å²) in [5.74, 6) is 2.30. The first kappa shape index (κ1) is 32.8. The van der Waals surface area contributed by atoms with Crippen LogP contribution in [0.25, 0.3) is 116 Å². The highest BCUT2D eigenvalue weighted by atomic mass is 32.1. The van der Waals surface area contributed by atoms with Crippen LogP contribution < -0.4 is 0 Å². The highest BCUT2D eigenvalue weighted by Crippen LogP contribution is 2.41. The van der Waals surface area contributed by atoms with Crippen molar-refractivity contribution < 1.29 is 8.83 Å². The minimum Gasteiger partial charge on any atom is -0.456 e. The van der Waals surface area contributed by atoms with Gasteiger partial charge in [-0.3, -0.25) is 0 Å². The first-order chi connectivity index (χ1) is 28.2. The molecule has 7 nitrogen and oxygen atoms in total. The Hall–Kier alpha value is -7.55. The number of rotatable bonds is 7. The van der Waals surface area contributed by atoms with E-state index in [-0.39, 0.29) is 0 Å². The predicted molar refractivity (Wildman–Crippen MR) is 233 cm³/mol. The average Bonchev–Trinajstić information content (AvgIpc) is 3.96. The molecule has 57 heavy (non-hydrogen) atoms. The predicted octanol–water partition coefficient (Wildman–Crippen LogP) is 13.3. The number of furan rings is 2. The Morgan fingerprint density at radius 2 is 1.11 bits per heavy atom. The van der Waals surface area contributed by atoms with Gasteiger partial charge in [0.05, 0.1) is 15.9 Å². The number of allylic oxidation sites excluding steroid dienone is 4. The molecule has 0 radical (unpaired) electrons. The van der Waals surface area contributed by atoms with Crippen molar-refractivity contribution in [2.75, 3.05) is 0 Å². The molecule has 5 heterocycles. The molecule has 0 unspecified atom stereocenters. The van der Waals surface area contributed by atoms with Crippen LogP contribution in [-0.2, 0) is 0 Å². The van der Waals surface area contributed by atoms with Crippen LogP contribution in [0.5, 0.6) is 0 Å². The molecule has 0 aliphatic heterocycles. The van der Waals surface area contributed by atoms with Crippen LogP contribution in [0.2, 0.25) is 0 Å².